The first kappa shape index (κ1) is 26.8. The predicted octanol–water partition coefficient (Wildman–Crippen LogP) is 6.21. The van der Waals surface area contributed by atoms with Crippen LogP contribution < -0.4 is 10.6 Å². The van der Waals surface area contributed by atoms with Crippen LogP contribution in [0, 0.1) is 0 Å². The van der Waals surface area contributed by atoms with Gasteiger partial charge in [-0.25, -0.2) is 0 Å². The maximum absolute atomic E-state index is 13.3. The molecule has 0 radical (unpaired) electrons. The molecule has 0 unspecified atom stereocenters. The minimum absolute atomic E-state index is 0.0365. The summed E-state index contributed by atoms with van der Waals surface area (Å²) in [4.78, 5) is 13.2. The number of benzene rings is 2. The summed E-state index contributed by atoms with van der Waals surface area (Å²) in [5, 5.41) is 15.0. The average Bonchev–Trinajstić information content (AvgIpc) is 2.81. The fraction of sp³-hybridized carbons (Fsp3) is 0.480. The van der Waals surface area contributed by atoms with Gasteiger partial charge in [-0.05, 0) is 61.2 Å². The smallest absolute Gasteiger partial charge is 0.395 e. The van der Waals surface area contributed by atoms with Crippen LogP contribution in [0.15, 0.2) is 42.5 Å². The van der Waals surface area contributed by atoms with Crippen LogP contribution in [0.3, 0.4) is 0 Å². The molecule has 1 aliphatic rings. The molecule has 0 heterocycles. The van der Waals surface area contributed by atoms with Crippen molar-refractivity contribution in [2.75, 3.05) is 18.5 Å². The Kier molecular flexibility index (Phi) is 8.03. The van der Waals surface area contributed by atoms with Crippen LogP contribution in [0.25, 0.3) is 0 Å². The van der Waals surface area contributed by atoms with E-state index in [2.05, 4.69) is 10.6 Å². The number of carbonyl (C=O) groups is 1. The van der Waals surface area contributed by atoms with Gasteiger partial charge in [0.05, 0.1) is 29.2 Å². The van der Waals surface area contributed by atoms with Crippen molar-refractivity contribution in [2.45, 2.75) is 62.8 Å². The van der Waals surface area contributed by atoms with Gasteiger partial charge < -0.3 is 15.7 Å². The number of amides is 1. The summed E-state index contributed by atoms with van der Waals surface area (Å²) in [7, 11) is 0. The fourth-order valence-corrected chi connectivity index (χ4v) is 4.47. The molecule has 3 rings (SSSR count). The van der Waals surface area contributed by atoms with Crippen LogP contribution in [0.5, 0.6) is 0 Å². The van der Waals surface area contributed by atoms with Gasteiger partial charge >= 0.3 is 12.4 Å². The largest absolute Gasteiger partial charge is 0.416 e. The maximum Gasteiger partial charge on any atom is 0.416 e. The van der Waals surface area contributed by atoms with Gasteiger partial charge in [-0.3, -0.25) is 4.79 Å². The van der Waals surface area contributed by atoms with Crippen molar-refractivity contribution < 1.29 is 36.2 Å². The van der Waals surface area contributed by atoms with E-state index in [0.29, 0.717) is 31.5 Å². The molecule has 1 atom stereocenters. The molecule has 192 valence electrons. The van der Waals surface area contributed by atoms with Crippen molar-refractivity contribution in [3.8, 4) is 0 Å². The lowest BCUT2D eigenvalue weighted by molar-refractivity contribution is -0.143. The van der Waals surface area contributed by atoms with Crippen LogP contribution in [-0.2, 0) is 22.7 Å². The summed E-state index contributed by atoms with van der Waals surface area (Å²) in [5.74, 6) is -1.87. The van der Waals surface area contributed by atoms with Crippen molar-refractivity contribution in [1.82, 2.24) is 5.32 Å². The van der Waals surface area contributed by atoms with E-state index >= 15 is 0 Å². The molecule has 1 amide bonds. The molecule has 2 aromatic carbocycles. The third-order valence-corrected chi connectivity index (χ3v) is 6.45. The number of rotatable bonds is 7. The monoisotopic (exact) mass is 502 g/mol. The van der Waals surface area contributed by atoms with E-state index in [1.54, 1.807) is 12.1 Å². The molecule has 3 N–H and O–H groups in total. The summed E-state index contributed by atoms with van der Waals surface area (Å²) in [6.07, 6.45) is -6.16. The molecule has 0 bridgehead atoms. The molecule has 0 aromatic heterocycles. The Morgan fingerprint density at radius 2 is 1.49 bits per heavy atom. The molecule has 1 saturated carbocycles. The SMILES string of the molecule is C[C@H](C(=O)NC1(c2ccc(NCCO)cc2)CCCCC1)c1cc(C(F)(F)F)cc(C(F)(F)F)c1. The molecule has 1 aliphatic carbocycles. The van der Waals surface area contributed by atoms with E-state index in [9.17, 15) is 31.1 Å². The third kappa shape index (κ3) is 6.48. The number of alkyl halides is 6. The summed E-state index contributed by atoms with van der Waals surface area (Å²) >= 11 is 0. The lowest BCUT2D eigenvalue weighted by Crippen LogP contribution is -2.48. The Bertz CT molecular complexity index is 980. The zero-order chi connectivity index (χ0) is 25.9. The van der Waals surface area contributed by atoms with Crippen molar-refractivity contribution in [3.05, 3.63) is 64.7 Å². The van der Waals surface area contributed by atoms with Crippen LogP contribution in [0.2, 0.25) is 0 Å². The van der Waals surface area contributed by atoms with Gasteiger partial charge in [-0.2, -0.15) is 26.3 Å². The Labute approximate surface area is 199 Å². The molecule has 0 saturated heterocycles. The lowest BCUT2D eigenvalue weighted by atomic mass is 9.76. The third-order valence-electron chi connectivity index (χ3n) is 6.45. The molecular formula is C25H28F6N2O2. The Balaban J connectivity index is 1.91. The van der Waals surface area contributed by atoms with Gasteiger partial charge in [-0.1, -0.05) is 31.4 Å². The Morgan fingerprint density at radius 3 is 1.97 bits per heavy atom. The predicted molar refractivity (Wildman–Crippen MR) is 120 cm³/mol. The zero-order valence-electron chi connectivity index (χ0n) is 19.2. The summed E-state index contributed by atoms with van der Waals surface area (Å²) in [6.45, 7) is 1.64. The molecule has 35 heavy (non-hydrogen) atoms. The number of aliphatic hydroxyl groups excluding tert-OH is 1. The molecular weight excluding hydrogens is 474 g/mol. The molecule has 0 aliphatic heterocycles. The minimum atomic E-state index is -4.98. The van der Waals surface area contributed by atoms with Gasteiger partial charge in [0.1, 0.15) is 0 Å². The average molecular weight is 502 g/mol. The number of hydrogen-bond acceptors (Lipinski definition) is 3. The number of anilines is 1. The van der Waals surface area contributed by atoms with E-state index in [1.807, 2.05) is 12.1 Å². The quantitative estimate of drug-likeness (QED) is 0.395. The lowest BCUT2D eigenvalue weighted by Gasteiger charge is -2.39. The van der Waals surface area contributed by atoms with E-state index in [-0.39, 0.29) is 18.2 Å². The van der Waals surface area contributed by atoms with Gasteiger partial charge in [0.15, 0.2) is 0 Å². The topological polar surface area (TPSA) is 61.4 Å². The van der Waals surface area contributed by atoms with E-state index in [1.165, 1.54) is 6.92 Å². The molecule has 4 nitrogen and oxygen atoms in total. The van der Waals surface area contributed by atoms with Crippen molar-refractivity contribution in [3.63, 3.8) is 0 Å². The number of halogens is 6. The maximum atomic E-state index is 13.3. The molecule has 1 fully saturated rings. The van der Waals surface area contributed by atoms with Crippen LogP contribution >= 0.6 is 0 Å². The highest BCUT2D eigenvalue weighted by Gasteiger charge is 2.39. The molecule has 0 spiro atoms. The molecule has 2 aromatic rings. The normalized spacial score (nSPS) is 17.0. The number of carbonyl (C=O) groups excluding carboxylic acids is 1. The second kappa shape index (κ2) is 10.5. The van der Waals surface area contributed by atoms with Crippen LogP contribution in [0.1, 0.15) is 67.2 Å². The first-order valence-corrected chi connectivity index (χ1v) is 11.4. The fourth-order valence-electron chi connectivity index (χ4n) is 4.47. The summed E-state index contributed by atoms with van der Waals surface area (Å²) in [5.41, 5.74) is -2.42. The second-order valence-corrected chi connectivity index (χ2v) is 8.92. The van der Waals surface area contributed by atoms with Crippen LogP contribution in [0.4, 0.5) is 32.0 Å². The van der Waals surface area contributed by atoms with Crippen molar-refractivity contribution in [1.29, 1.82) is 0 Å². The Morgan fingerprint density at radius 1 is 0.943 bits per heavy atom. The van der Waals surface area contributed by atoms with Crippen LogP contribution in [-0.4, -0.2) is 24.2 Å². The first-order chi connectivity index (χ1) is 16.4. The molecule has 10 heteroatoms. The highest BCUT2D eigenvalue weighted by atomic mass is 19.4. The van der Waals surface area contributed by atoms with Gasteiger partial charge in [0.25, 0.3) is 0 Å². The highest BCUT2D eigenvalue weighted by molar-refractivity contribution is 5.84. The standard InChI is InChI=1S/C25H28F6N2O2/c1-16(17-13-19(24(26,27)28)15-20(14-17)25(29,30)31)22(35)33-23(9-3-2-4-10-23)18-5-7-21(8-6-18)32-11-12-34/h5-8,13-16,32,34H,2-4,9-12H2,1H3,(H,33,35)/t16-/m0/s1. The van der Waals surface area contributed by atoms with Gasteiger partial charge in [0.2, 0.25) is 5.91 Å². The van der Waals surface area contributed by atoms with E-state index < -0.39 is 40.8 Å². The number of aliphatic hydroxyl groups is 1. The van der Waals surface area contributed by atoms with E-state index in [0.717, 1.165) is 30.5 Å². The first-order valence-electron chi connectivity index (χ1n) is 11.4. The Hall–Kier alpha value is -2.75. The summed E-state index contributed by atoms with van der Waals surface area (Å²) in [6, 6.07) is 8.55. The van der Waals surface area contributed by atoms with Crippen molar-refractivity contribution >= 4 is 11.6 Å². The van der Waals surface area contributed by atoms with Crippen molar-refractivity contribution in [2.24, 2.45) is 0 Å². The highest BCUT2D eigenvalue weighted by Crippen LogP contribution is 2.40. The van der Waals surface area contributed by atoms with E-state index in [4.69, 9.17) is 5.11 Å². The number of nitrogens with one attached hydrogen (secondary N) is 2. The summed E-state index contributed by atoms with van der Waals surface area (Å²) < 4.78 is 79.7. The number of hydrogen-bond donors (Lipinski definition) is 3. The zero-order valence-corrected chi connectivity index (χ0v) is 19.2. The second-order valence-electron chi connectivity index (χ2n) is 8.92. The van der Waals surface area contributed by atoms with Gasteiger partial charge in [0, 0.05) is 12.2 Å². The van der Waals surface area contributed by atoms with Gasteiger partial charge in [-0.15, -0.1) is 0 Å². The minimum Gasteiger partial charge on any atom is -0.395 e.